The Labute approximate surface area is 368 Å². The lowest BCUT2D eigenvalue weighted by atomic mass is 9.80. The lowest BCUT2D eigenvalue weighted by molar-refractivity contribution is 0.666. The van der Waals surface area contributed by atoms with Gasteiger partial charge in [0.25, 0.3) is 0 Å². The SMILES string of the molecule is CC1(C)c2ccccc2-c2ccc3cc4c5cc(-c6cccc(N(c7ccc(-c8ccccc8)cc7)c7ccc(-c8ccccc8)cc7)c6)ccc5n(-c5ccccc5)c4cc3c21. The van der Waals surface area contributed by atoms with Crippen LogP contribution in [-0.2, 0) is 5.41 Å². The molecule has 1 aliphatic carbocycles. The fraction of sp³-hybridized carbons (Fsp3) is 0.0492. The van der Waals surface area contributed by atoms with Crippen LogP contribution in [0.15, 0.2) is 231 Å². The Morgan fingerprint density at radius 2 is 0.889 bits per heavy atom. The zero-order valence-electron chi connectivity index (χ0n) is 35.3. The number of benzene rings is 10. The minimum absolute atomic E-state index is 0.108. The highest BCUT2D eigenvalue weighted by atomic mass is 15.1. The molecular weight excluding hydrogens is 761 g/mol. The van der Waals surface area contributed by atoms with Gasteiger partial charge in [0.1, 0.15) is 0 Å². The fourth-order valence-corrected chi connectivity index (χ4v) is 10.3. The van der Waals surface area contributed by atoms with Gasteiger partial charge in [-0.2, -0.15) is 0 Å². The monoisotopic (exact) mass is 804 g/mol. The number of hydrogen-bond donors (Lipinski definition) is 0. The molecule has 0 unspecified atom stereocenters. The first-order valence-electron chi connectivity index (χ1n) is 21.9. The van der Waals surface area contributed by atoms with Crippen LogP contribution < -0.4 is 4.90 Å². The number of para-hydroxylation sites is 1. The van der Waals surface area contributed by atoms with Gasteiger partial charge in [-0.3, -0.25) is 0 Å². The molecule has 10 aromatic carbocycles. The summed E-state index contributed by atoms with van der Waals surface area (Å²) in [6.07, 6.45) is 0. The summed E-state index contributed by atoms with van der Waals surface area (Å²) in [4.78, 5) is 2.37. The first-order valence-corrected chi connectivity index (χ1v) is 21.9. The van der Waals surface area contributed by atoms with Crippen molar-refractivity contribution in [3.05, 3.63) is 242 Å². The molecule has 0 bridgehead atoms. The topological polar surface area (TPSA) is 8.17 Å². The van der Waals surface area contributed by atoms with E-state index in [2.05, 4.69) is 254 Å². The van der Waals surface area contributed by atoms with Crippen molar-refractivity contribution in [1.29, 1.82) is 0 Å². The van der Waals surface area contributed by atoms with Crippen molar-refractivity contribution < 1.29 is 0 Å². The smallest absolute Gasteiger partial charge is 0.0547 e. The maximum Gasteiger partial charge on any atom is 0.0547 e. The van der Waals surface area contributed by atoms with Crippen LogP contribution in [-0.4, -0.2) is 4.57 Å². The van der Waals surface area contributed by atoms with Gasteiger partial charge in [-0.05, 0) is 139 Å². The third kappa shape index (κ3) is 6.09. The van der Waals surface area contributed by atoms with Crippen molar-refractivity contribution in [3.63, 3.8) is 0 Å². The summed E-state index contributed by atoms with van der Waals surface area (Å²) in [7, 11) is 0. The van der Waals surface area contributed by atoms with Gasteiger partial charge >= 0.3 is 0 Å². The third-order valence-electron chi connectivity index (χ3n) is 13.3. The van der Waals surface area contributed by atoms with E-state index in [-0.39, 0.29) is 5.41 Å². The number of hydrogen-bond acceptors (Lipinski definition) is 1. The molecule has 0 fully saturated rings. The van der Waals surface area contributed by atoms with E-state index in [1.165, 1.54) is 88.2 Å². The number of anilines is 3. The fourth-order valence-electron chi connectivity index (χ4n) is 10.3. The molecule has 0 saturated carbocycles. The van der Waals surface area contributed by atoms with Crippen LogP contribution in [0.3, 0.4) is 0 Å². The van der Waals surface area contributed by atoms with Crippen molar-refractivity contribution >= 4 is 49.6 Å². The molecule has 1 heterocycles. The Balaban J connectivity index is 1.01. The molecule has 12 rings (SSSR count). The molecule has 1 aliphatic rings. The van der Waals surface area contributed by atoms with Crippen LogP contribution in [0.25, 0.3) is 82.8 Å². The van der Waals surface area contributed by atoms with Crippen LogP contribution in [0.4, 0.5) is 17.1 Å². The van der Waals surface area contributed by atoms with Gasteiger partial charge in [0.05, 0.1) is 11.0 Å². The molecule has 0 radical (unpaired) electrons. The summed E-state index contributed by atoms with van der Waals surface area (Å²) in [5.74, 6) is 0. The Bertz CT molecular complexity index is 3410. The second-order valence-electron chi connectivity index (χ2n) is 17.4. The molecule has 0 saturated heterocycles. The first kappa shape index (κ1) is 36.9. The molecule has 2 nitrogen and oxygen atoms in total. The average Bonchev–Trinajstić information content (AvgIpc) is 3.79. The van der Waals surface area contributed by atoms with Crippen molar-refractivity contribution in [2.75, 3.05) is 4.90 Å². The predicted octanol–water partition coefficient (Wildman–Crippen LogP) is 16.7. The van der Waals surface area contributed by atoms with E-state index in [4.69, 9.17) is 0 Å². The maximum absolute atomic E-state index is 2.47. The molecule has 11 aromatic rings. The van der Waals surface area contributed by atoms with Crippen LogP contribution in [0.5, 0.6) is 0 Å². The second kappa shape index (κ2) is 14.6. The summed E-state index contributed by atoms with van der Waals surface area (Å²) in [5, 5.41) is 5.09. The summed E-state index contributed by atoms with van der Waals surface area (Å²) in [6.45, 7) is 4.77. The predicted molar refractivity (Wildman–Crippen MR) is 267 cm³/mol. The van der Waals surface area contributed by atoms with Crippen LogP contribution >= 0.6 is 0 Å². The molecule has 0 amide bonds. The number of nitrogens with zero attached hydrogens (tertiary/aromatic N) is 2. The van der Waals surface area contributed by atoms with Gasteiger partial charge < -0.3 is 9.47 Å². The van der Waals surface area contributed by atoms with E-state index in [0.717, 1.165) is 22.7 Å². The van der Waals surface area contributed by atoms with E-state index in [0.29, 0.717) is 0 Å². The van der Waals surface area contributed by atoms with E-state index >= 15 is 0 Å². The van der Waals surface area contributed by atoms with Crippen LogP contribution in [0, 0.1) is 0 Å². The zero-order valence-corrected chi connectivity index (χ0v) is 35.3. The Morgan fingerprint density at radius 3 is 1.56 bits per heavy atom. The van der Waals surface area contributed by atoms with Crippen molar-refractivity contribution in [3.8, 4) is 50.2 Å². The molecular formula is C61H44N2. The quantitative estimate of drug-likeness (QED) is 0.156. The van der Waals surface area contributed by atoms with Crippen molar-refractivity contribution in [1.82, 2.24) is 4.57 Å². The van der Waals surface area contributed by atoms with E-state index in [1.807, 2.05) is 0 Å². The normalized spacial score (nSPS) is 12.7. The highest BCUT2D eigenvalue weighted by Crippen LogP contribution is 2.52. The second-order valence-corrected chi connectivity index (χ2v) is 17.4. The van der Waals surface area contributed by atoms with Crippen molar-refractivity contribution in [2.45, 2.75) is 19.3 Å². The average molecular weight is 805 g/mol. The largest absolute Gasteiger partial charge is 0.310 e. The summed E-state index contributed by atoms with van der Waals surface area (Å²) in [6, 6.07) is 84.5. The van der Waals surface area contributed by atoms with Gasteiger partial charge in [0, 0.05) is 38.9 Å². The lowest BCUT2D eigenvalue weighted by Gasteiger charge is -2.26. The van der Waals surface area contributed by atoms with E-state index < -0.39 is 0 Å². The van der Waals surface area contributed by atoms with Gasteiger partial charge in [0.15, 0.2) is 0 Å². The lowest BCUT2D eigenvalue weighted by Crippen LogP contribution is -2.15. The number of fused-ring (bicyclic) bond motifs is 8. The molecule has 2 heteroatoms. The Hall–Kier alpha value is -7.94. The molecule has 0 N–H and O–H groups in total. The summed E-state index contributed by atoms with van der Waals surface area (Å²) in [5.41, 5.74) is 19.4. The maximum atomic E-state index is 2.47. The molecule has 0 spiro atoms. The minimum Gasteiger partial charge on any atom is -0.310 e. The summed E-state index contributed by atoms with van der Waals surface area (Å²) >= 11 is 0. The van der Waals surface area contributed by atoms with Crippen molar-refractivity contribution in [2.24, 2.45) is 0 Å². The van der Waals surface area contributed by atoms with Crippen LogP contribution in [0.2, 0.25) is 0 Å². The zero-order chi connectivity index (χ0) is 42.1. The van der Waals surface area contributed by atoms with Gasteiger partial charge in [-0.1, -0.05) is 172 Å². The molecule has 298 valence electrons. The Kier molecular flexibility index (Phi) is 8.55. The molecule has 63 heavy (non-hydrogen) atoms. The van der Waals surface area contributed by atoms with E-state index in [1.54, 1.807) is 0 Å². The number of aromatic nitrogens is 1. The number of rotatable bonds is 7. The molecule has 1 aromatic heterocycles. The standard InChI is InChI=1S/C61H44N2/c1-61(2)57-24-13-12-23-52(57)53-35-29-47-39-56-55-38-46(30-36-58(55)63(48-20-10-5-11-21-48)59(56)40-54(47)60(53)61)45-19-14-22-51(37-45)62(49-31-25-43(26-32-49)41-15-6-3-7-16-41)50-33-27-44(28-34-50)42-17-8-4-9-18-42/h3-40H,1-2H3. The third-order valence-corrected chi connectivity index (χ3v) is 13.3. The summed E-state index contributed by atoms with van der Waals surface area (Å²) < 4.78 is 2.46. The van der Waals surface area contributed by atoms with Gasteiger partial charge in [-0.15, -0.1) is 0 Å². The first-order chi connectivity index (χ1) is 31.0. The molecule has 0 atom stereocenters. The highest BCUT2D eigenvalue weighted by Gasteiger charge is 2.36. The highest BCUT2D eigenvalue weighted by molar-refractivity contribution is 6.16. The van der Waals surface area contributed by atoms with Gasteiger partial charge in [-0.25, -0.2) is 0 Å². The van der Waals surface area contributed by atoms with Crippen LogP contribution in [0.1, 0.15) is 25.0 Å². The van der Waals surface area contributed by atoms with E-state index in [9.17, 15) is 0 Å². The Morgan fingerprint density at radius 1 is 0.349 bits per heavy atom. The minimum atomic E-state index is -0.108. The molecule has 0 aliphatic heterocycles. The van der Waals surface area contributed by atoms with Gasteiger partial charge in [0.2, 0.25) is 0 Å².